The number of rotatable bonds is 8. The lowest BCUT2D eigenvalue weighted by Crippen LogP contribution is -2.39. The van der Waals surface area contributed by atoms with Crippen molar-refractivity contribution in [1.29, 1.82) is 0 Å². The highest BCUT2D eigenvalue weighted by molar-refractivity contribution is 5.73. The number of ether oxygens (including phenoxy) is 1. The summed E-state index contributed by atoms with van der Waals surface area (Å²) in [5.41, 5.74) is 1.28. The summed E-state index contributed by atoms with van der Waals surface area (Å²) >= 11 is 0. The van der Waals surface area contributed by atoms with Crippen LogP contribution < -0.4 is 10.1 Å². The van der Waals surface area contributed by atoms with Gasteiger partial charge in [-0.3, -0.25) is 4.79 Å². The van der Waals surface area contributed by atoms with Gasteiger partial charge >= 0.3 is 5.97 Å². The average molecular weight is 251 g/mol. The van der Waals surface area contributed by atoms with E-state index < -0.39 is 12.0 Å². The maximum Gasteiger partial charge on any atom is 0.324 e. The number of carbonyl (C=O) groups is 1. The van der Waals surface area contributed by atoms with Gasteiger partial charge in [0.1, 0.15) is 18.4 Å². The molecule has 0 spiro atoms. The number of unbranched alkanes of at least 4 members (excludes halogenated alkanes) is 1. The molecule has 1 atom stereocenters. The van der Waals surface area contributed by atoms with Crippen LogP contribution in [0.25, 0.3) is 0 Å². The lowest BCUT2D eigenvalue weighted by Gasteiger charge is -2.12. The quantitative estimate of drug-likeness (QED) is 0.742. The lowest BCUT2D eigenvalue weighted by atomic mass is 10.1. The van der Waals surface area contributed by atoms with E-state index in [1.807, 2.05) is 24.3 Å². The fourth-order valence-electron chi connectivity index (χ4n) is 1.59. The number of aryl methyl sites for hydroxylation is 1. The minimum absolute atomic E-state index is 0.125. The average Bonchev–Trinajstić information content (AvgIpc) is 2.38. The van der Waals surface area contributed by atoms with Crippen molar-refractivity contribution in [1.82, 2.24) is 5.32 Å². The molecule has 0 saturated carbocycles. The third-order valence-corrected chi connectivity index (χ3v) is 2.81. The van der Waals surface area contributed by atoms with Crippen molar-refractivity contribution in [2.24, 2.45) is 0 Å². The van der Waals surface area contributed by atoms with Crippen LogP contribution in [-0.4, -0.2) is 30.8 Å². The summed E-state index contributed by atoms with van der Waals surface area (Å²) in [5, 5.41) is 11.5. The summed E-state index contributed by atoms with van der Waals surface area (Å²) in [6, 6.07) is 7.16. The Kier molecular flexibility index (Phi) is 6.22. The normalized spacial score (nSPS) is 12.1. The highest BCUT2D eigenvalue weighted by atomic mass is 16.5. The second-order valence-corrected chi connectivity index (χ2v) is 4.24. The largest absolute Gasteiger partial charge is 0.491 e. The lowest BCUT2D eigenvalue weighted by molar-refractivity contribution is -0.140. The zero-order valence-electron chi connectivity index (χ0n) is 11.0. The van der Waals surface area contributed by atoms with Gasteiger partial charge in [0.05, 0.1) is 0 Å². The summed E-state index contributed by atoms with van der Waals surface area (Å²) in [6.07, 6.45) is 3.44. The van der Waals surface area contributed by atoms with Crippen molar-refractivity contribution in [2.75, 3.05) is 13.7 Å². The predicted molar refractivity (Wildman–Crippen MR) is 71.0 cm³/mol. The molecular weight excluding hydrogens is 230 g/mol. The molecule has 0 amide bonds. The van der Waals surface area contributed by atoms with Crippen LogP contribution in [0.3, 0.4) is 0 Å². The predicted octanol–water partition coefficient (Wildman–Crippen LogP) is 2.08. The molecule has 1 aromatic rings. The molecule has 0 bridgehead atoms. The van der Waals surface area contributed by atoms with Gasteiger partial charge in [0, 0.05) is 0 Å². The van der Waals surface area contributed by atoms with E-state index in [0.717, 1.165) is 6.42 Å². The molecule has 1 unspecified atom stereocenters. The summed E-state index contributed by atoms with van der Waals surface area (Å²) in [4.78, 5) is 10.8. The Balaban J connectivity index is 2.45. The van der Waals surface area contributed by atoms with Gasteiger partial charge in [0.25, 0.3) is 0 Å². The van der Waals surface area contributed by atoms with Gasteiger partial charge in [-0.2, -0.15) is 0 Å². The Morgan fingerprint density at radius 3 is 2.56 bits per heavy atom. The summed E-state index contributed by atoms with van der Waals surface area (Å²) in [7, 11) is 1.61. The van der Waals surface area contributed by atoms with Crippen molar-refractivity contribution in [3.8, 4) is 5.75 Å². The van der Waals surface area contributed by atoms with E-state index in [9.17, 15) is 4.79 Å². The Labute approximate surface area is 108 Å². The number of hydrogen-bond acceptors (Lipinski definition) is 3. The standard InChI is InChI=1S/C14H21NO3/c1-3-4-5-11-6-8-12(9-7-11)18-10-13(15-2)14(16)17/h6-9,13,15H,3-5,10H2,1-2H3,(H,16,17). The molecule has 0 aromatic heterocycles. The van der Waals surface area contributed by atoms with Gasteiger partial charge in [0.15, 0.2) is 0 Å². The van der Waals surface area contributed by atoms with Crippen LogP contribution in [0.1, 0.15) is 25.3 Å². The van der Waals surface area contributed by atoms with E-state index in [-0.39, 0.29) is 6.61 Å². The van der Waals surface area contributed by atoms with Crippen molar-refractivity contribution >= 4 is 5.97 Å². The van der Waals surface area contributed by atoms with Crippen LogP contribution in [0.4, 0.5) is 0 Å². The highest BCUT2D eigenvalue weighted by Crippen LogP contribution is 2.14. The van der Waals surface area contributed by atoms with Gasteiger partial charge in [-0.25, -0.2) is 0 Å². The van der Waals surface area contributed by atoms with Crippen LogP contribution in [0, 0.1) is 0 Å². The van der Waals surface area contributed by atoms with Gasteiger partial charge in [-0.1, -0.05) is 25.5 Å². The Morgan fingerprint density at radius 2 is 2.06 bits per heavy atom. The molecule has 0 heterocycles. The number of nitrogens with one attached hydrogen (secondary N) is 1. The number of carboxylic acids is 1. The number of aliphatic carboxylic acids is 1. The number of benzene rings is 1. The topological polar surface area (TPSA) is 58.6 Å². The van der Waals surface area contributed by atoms with Gasteiger partial charge < -0.3 is 15.2 Å². The van der Waals surface area contributed by atoms with Crippen LogP contribution in [0.15, 0.2) is 24.3 Å². The fourth-order valence-corrected chi connectivity index (χ4v) is 1.59. The molecule has 18 heavy (non-hydrogen) atoms. The SMILES string of the molecule is CCCCc1ccc(OCC(NC)C(=O)O)cc1. The molecule has 1 aromatic carbocycles. The number of hydrogen-bond donors (Lipinski definition) is 2. The molecule has 0 aliphatic heterocycles. The first-order valence-corrected chi connectivity index (χ1v) is 6.29. The first-order chi connectivity index (χ1) is 8.67. The van der Waals surface area contributed by atoms with Crippen LogP contribution in [0.2, 0.25) is 0 Å². The van der Waals surface area contributed by atoms with E-state index in [0.29, 0.717) is 5.75 Å². The Bertz CT molecular complexity index is 362. The second-order valence-electron chi connectivity index (χ2n) is 4.24. The molecule has 0 aliphatic rings. The van der Waals surface area contributed by atoms with Crippen molar-refractivity contribution < 1.29 is 14.6 Å². The molecular formula is C14H21NO3. The monoisotopic (exact) mass is 251 g/mol. The molecule has 1 rings (SSSR count). The first-order valence-electron chi connectivity index (χ1n) is 6.29. The fraction of sp³-hybridized carbons (Fsp3) is 0.500. The van der Waals surface area contributed by atoms with Crippen LogP contribution in [0.5, 0.6) is 5.75 Å². The minimum Gasteiger partial charge on any atom is -0.491 e. The van der Waals surface area contributed by atoms with Gasteiger partial charge in [0.2, 0.25) is 0 Å². The summed E-state index contributed by atoms with van der Waals surface area (Å²) in [5.74, 6) is -0.200. The third-order valence-electron chi connectivity index (χ3n) is 2.81. The molecule has 0 aliphatic carbocycles. The van der Waals surface area contributed by atoms with E-state index in [1.54, 1.807) is 7.05 Å². The van der Waals surface area contributed by atoms with Crippen molar-refractivity contribution in [3.63, 3.8) is 0 Å². The highest BCUT2D eigenvalue weighted by Gasteiger charge is 2.15. The third kappa shape index (κ3) is 4.75. The van der Waals surface area contributed by atoms with E-state index in [2.05, 4.69) is 12.2 Å². The van der Waals surface area contributed by atoms with Gasteiger partial charge in [-0.15, -0.1) is 0 Å². The van der Waals surface area contributed by atoms with Crippen LogP contribution in [-0.2, 0) is 11.2 Å². The zero-order valence-corrected chi connectivity index (χ0v) is 11.0. The first kappa shape index (κ1) is 14.5. The zero-order chi connectivity index (χ0) is 13.4. The van der Waals surface area contributed by atoms with Gasteiger partial charge in [-0.05, 0) is 37.6 Å². The number of carboxylic acid groups (broad SMARTS) is 1. The smallest absolute Gasteiger partial charge is 0.324 e. The van der Waals surface area contributed by atoms with E-state index in [1.165, 1.54) is 18.4 Å². The molecule has 4 heteroatoms. The summed E-state index contributed by atoms with van der Waals surface area (Å²) in [6.45, 7) is 2.29. The maximum absolute atomic E-state index is 10.8. The van der Waals surface area contributed by atoms with Crippen molar-refractivity contribution in [3.05, 3.63) is 29.8 Å². The van der Waals surface area contributed by atoms with E-state index >= 15 is 0 Å². The second kappa shape index (κ2) is 7.71. The molecule has 2 N–H and O–H groups in total. The van der Waals surface area contributed by atoms with E-state index in [4.69, 9.17) is 9.84 Å². The van der Waals surface area contributed by atoms with Crippen LogP contribution >= 0.6 is 0 Å². The molecule has 4 nitrogen and oxygen atoms in total. The molecule has 100 valence electrons. The minimum atomic E-state index is -0.905. The molecule has 0 fully saturated rings. The maximum atomic E-state index is 10.8. The molecule has 0 saturated heterocycles. The Morgan fingerprint density at radius 1 is 1.39 bits per heavy atom. The molecule has 0 radical (unpaired) electrons. The van der Waals surface area contributed by atoms with Crippen molar-refractivity contribution in [2.45, 2.75) is 32.2 Å². The Hall–Kier alpha value is -1.55. The number of likely N-dealkylation sites (N-methyl/N-ethyl adjacent to an activating group) is 1. The summed E-state index contributed by atoms with van der Waals surface area (Å²) < 4.78 is 5.44.